The third-order valence-electron chi connectivity index (χ3n) is 2.38. The Kier molecular flexibility index (Phi) is 3.47. The van der Waals surface area contributed by atoms with E-state index in [0.29, 0.717) is 12.4 Å². The molecule has 18 heavy (non-hydrogen) atoms. The van der Waals surface area contributed by atoms with Crippen LogP contribution in [0.15, 0.2) is 36.7 Å². The van der Waals surface area contributed by atoms with Crippen molar-refractivity contribution in [2.24, 2.45) is 0 Å². The largest absolute Gasteiger partial charge is 0.364 e. The van der Waals surface area contributed by atoms with E-state index in [9.17, 15) is 10.1 Å². The summed E-state index contributed by atoms with van der Waals surface area (Å²) in [7, 11) is 0. The maximum Gasteiger partial charge on any atom is 0.287 e. The molecule has 2 heterocycles. The van der Waals surface area contributed by atoms with Crippen molar-refractivity contribution >= 4 is 11.5 Å². The van der Waals surface area contributed by atoms with E-state index in [0.717, 1.165) is 11.3 Å². The van der Waals surface area contributed by atoms with Gasteiger partial charge in [0, 0.05) is 12.3 Å². The average molecular weight is 244 g/mol. The predicted molar refractivity (Wildman–Crippen MR) is 67.2 cm³/mol. The molecule has 0 spiro atoms. The fourth-order valence-electron chi connectivity index (χ4n) is 1.48. The maximum absolute atomic E-state index is 10.5. The summed E-state index contributed by atoms with van der Waals surface area (Å²) in [5.41, 5.74) is 2.02. The van der Waals surface area contributed by atoms with E-state index in [1.165, 1.54) is 12.3 Å². The lowest BCUT2D eigenvalue weighted by molar-refractivity contribution is -0.385. The summed E-state index contributed by atoms with van der Waals surface area (Å²) >= 11 is 0. The van der Waals surface area contributed by atoms with Crippen LogP contribution in [0.3, 0.4) is 0 Å². The molecule has 0 bridgehead atoms. The SMILES string of the molecule is Cc1ccnc(CNc2ccc([N+](=O)[O-])cn2)c1. The third-order valence-corrected chi connectivity index (χ3v) is 2.38. The van der Waals surface area contributed by atoms with E-state index in [-0.39, 0.29) is 5.69 Å². The smallest absolute Gasteiger partial charge is 0.287 e. The highest BCUT2D eigenvalue weighted by molar-refractivity contribution is 5.40. The van der Waals surface area contributed by atoms with Crippen LogP contribution in [-0.4, -0.2) is 14.9 Å². The molecule has 0 aliphatic heterocycles. The third kappa shape index (κ3) is 3.00. The molecule has 2 aromatic heterocycles. The molecule has 0 aliphatic carbocycles. The van der Waals surface area contributed by atoms with Gasteiger partial charge in [0.15, 0.2) is 0 Å². The van der Waals surface area contributed by atoms with E-state index in [2.05, 4.69) is 15.3 Å². The summed E-state index contributed by atoms with van der Waals surface area (Å²) in [6.07, 6.45) is 2.97. The molecular weight excluding hydrogens is 232 g/mol. The van der Waals surface area contributed by atoms with Gasteiger partial charge >= 0.3 is 0 Å². The first-order valence-corrected chi connectivity index (χ1v) is 5.41. The summed E-state index contributed by atoms with van der Waals surface area (Å²) in [6.45, 7) is 2.53. The van der Waals surface area contributed by atoms with Crippen molar-refractivity contribution in [1.82, 2.24) is 9.97 Å². The first kappa shape index (κ1) is 12.0. The second-order valence-corrected chi connectivity index (χ2v) is 3.84. The van der Waals surface area contributed by atoms with Crippen LogP contribution >= 0.6 is 0 Å². The number of nitrogens with one attached hydrogen (secondary N) is 1. The van der Waals surface area contributed by atoms with Crippen molar-refractivity contribution in [2.75, 3.05) is 5.32 Å². The van der Waals surface area contributed by atoms with Gasteiger partial charge in [-0.15, -0.1) is 0 Å². The van der Waals surface area contributed by atoms with Crippen LogP contribution in [0.1, 0.15) is 11.3 Å². The molecule has 0 saturated heterocycles. The monoisotopic (exact) mass is 244 g/mol. The van der Waals surface area contributed by atoms with Crippen LogP contribution in [0, 0.1) is 17.0 Å². The van der Waals surface area contributed by atoms with Crippen LogP contribution in [-0.2, 0) is 6.54 Å². The summed E-state index contributed by atoms with van der Waals surface area (Å²) in [5, 5.41) is 13.5. The first-order valence-electron chi connectivity index (χ1n) is 5.41. The second kappa shape index (κ2) is 5.22. The minimum absolute atomic E-state index is 0.0192. The summed E-state index contributed by atoms with van der Waals surface area (Å²) < 4.78 is 0. The molecule has 0 aromatic carbocycles. The Morgan fingerprint density at radius 3 is 2.78 bits per heavy atom. The van der Waals surface area contributed by atoms with E-state index < -0.39 is 4.92 Å². The molecule has 6 nitrogen and oxygen atoms in total. The molecule has 0 unspecified atom stereocenters. The molecule has 2 rings (SSSR count). The van der Waals surface area contributed by atoms with Gasteiger partial charge in [0.05, 0.1) is 17.2 Å². The highest BCUT2D eigenvalue weighted by Crippen LogP contribution is 2.12. The number of nitrogens with zero attached hydrogens (tertiary/aromatic N) is 3. The lowest BCUT2D eigenvalue weighted by Gasteiger charge is -2.05. The molecule has 0 fully saturated rings. The van der Waals surface area contributed by atoms with E-state index in [1.54, 1.807) is 12.3 Å². The molecular formula is C12H12N4O2. The Morgan fingerprint density at radius 1 is 1.33 bits per heavy atom. The summed E-state index contributed by atoms with van der Waals surface area (Å²) in [4.78, 5) is 18.1. The van der Waals surface area contributed by atoms with Crippen molar-refractivity contribution < 1.29 is 4.92 Å². The summed E-state index contributed by atoms with van der Waals surface area (Å²) in [6, 6.07) is 6.89. The molecule has 0 radical (unpaired) electrons. The Morgan fingerprint density at radius 2 is 2.17 bits per heavy atom. The van der Waals surface area contributed by atoms with Gasteiger partial charge in [0.2, 0.25) is 0 Å². The van der Waals surface area contributed by atoms with Gasteiger partial charge in [-0.3, -0.25) is 15.1 Å². The van der Waals surface area contributed by atoms with E-state index in [1.807, 2.05) is 19.1 Å². The van der Waals surface area contributed by atoms with Gasteiger partial charge in [-0.05, 0) is 30.7 Å². The Hall–Kier alpha value is -2.50. The lowest BCUT2D eigenvalue weighted by Crippen LogP contribution is -2.03. The number of hydrogen-bond acceptors (Lipinski definition) is 5. The Labute approximate surface area is 104 Å². The quantitative estimate of drug-likeness (QED) is 0.659. The zero-order chi connectivity index (χ0) is 13.0. The van der Waals surface area contributed by atoms with Crippen LogP contribution in [0.4, 0.5) is 11.5 Å². The predicted octanol–water partition coefficient (Wildman–Crippen LogP) is 2.31. The number of rotatable bonds is 4. The van der Waals surface area contributed by atoms with Gasteiger partial charge in [0.1, 0.15) is 12.0 Å². The van der Waals surface area contributed by atoms with Crippen LogP contribution in [0.5, 0.6) is 0 Å². The molecule has 0 saturated carbocycles. The molecule has 6 heteroatoms. The van der Waals surface area contributed by atoms with Crippen molar-refractivity contribution in [3.63, 3.8) is 0 Å². The number of hydrogen-bond donors (Lipinski definition) is 1. The van der Waals surface area contributed by atoms with Gasteiger partial charge in [-0.2, -0.15) is 0 Å². The zero-order valence-corrected chi connectivity index (χ0v) is 9.83. The molecule has 2 aromatic rings. The number of anilines is 1. The Balaban J connectivity index is 2.00. The molecule has 1 N–H and O–H groups in total. The van der Waals surface area contributed by atoms with Crippen molar-refractivity contribution in [1.29, 1.82) is 0 Å². The van der Waals surface area contributed by atoms with Crippen LogP contribution in [0.2, 0.25) is 0 Å². The maximum atomic E-state index is 10.5. The average Bonchev–Trinajstić information content (AvgIpc) is 2.37. The van der Waals surface area contributed by atoms with Crippen LogP contribution < -0.4 is 5.32 Å². The van der Waals surface area contributed by atoms with E-state index >= 15 is 0 Å². The van der Waals surface area contributed by atoms with Crippen molar-refractivity contribution in [3.8, 4) is 0 Å². The van der Waals surface area contributed by atoms with E-state index in [4.69, 9.17) is 0 Å². The summed E-state index contributed by atoms with van der Waals surface area (Å²) in [5.74, 6) is 0.587. The number of pyridine rings is 2. The molecule has 0 aliphatic rings. The minimum atomic E-state index is -0.473. The first-order chi connectivity index (χ1) is 8.65. The highest BCUT2D eigenvalue weighted by atomic mass is 16.6. The topological polar surface area (TPSA) is 81.0 Å². The highest BCUT2D eigenvalue weighted by Gasteiger charge is 2.04. The van der Waals surface area contributed by atoms with Gasteiger partial charge in [-0.25, -0.2) is 4.98 Å². The Bertz CT molecular complexity index is 554. The van der Waals surface area contributed by atoms with Gasteiger partial charge in [-0.1, -0.05) is 0 Å². The zero-order valence-electron chi connectivity index (χ0n) is 9.83. The fraction of sp³-hybridized carbons (Fsp3) is 0.167. The number of aromatic nitrogens is 2. The molecule has 0 atom stereocenters. The lowest BCUT2D eigenvalue weighted by atomic mass is 10.2. The molecule has 92 valence electrons. The van der Waals surface area contributed by atoms with Crippen molar-refractivity contribution in [2.45, 2.75) is 13.5 Å². The fourth-order valence-corrected chi connectivity index (χ4v) is 1.48. The number of aryl methyl sites for hydroxylation is 1. The minimum Gasteiger partial charge on any atom is -0.364 e. The standard InChI is InChI=1S/C12H12N4O2/c1-9-4-5-13-10(6-9)7-14-12-3-2-11(8-15-12)16(17)18/h2-6,8H,7H2,1H3,(H,14,15). The normalized spacial score (nSPS) is 10.1. The van der Waals surface area contributed by atoms with Gasteiger partial charge < -0.3 is 5.32 Å². The second-order valence-electron chi connectivity index (χ2n) is 3.84. The van der Waals surface area contributed by atoms with Gasteiger partial charge in [0.25, 0.3) is 5.69 Å². The van der Waals surface area contributed by atoms with Crippen LogP contribution in [0.25, 0.3) is 0 Å². The molecule has 0 amide bonds. The van der Waals surface area contributed by atoms with Crippen molar-refractivity contribution in [3.05, 3.63) is 58.0 Å². The number of nitro groups is 1.